The van der Waals surface area contributed by atoms with Crippen LogP contribution in [0.15, 0.2) is 215 Å². The molecule has 3 heterocycles. The van der Waals surface area contributed by atoms with Crippen LogP contribution in [0, 0.1) is 0 Å². The van der Waals surface area contributed by atoms with E-state index in [1.54, 1.807) is 0 Å². The molecular weight excluding hydrogens is 749 g/mol. The predicted octanol–water partition coefficient (Wildman–Crippen LogP) is 15.0. The minimum atomic E-state index is 0.575. The van der Waals surface area contributed by atoms with Crippen molar-refractivity contribution in [2.45, 2.75) is 0 Å². The number of rotatable bonds is 7. The monoisotopic (exact) mass is 782 g/mol. The summed E-state index contributed by atoms with van der Waals surface area (Å²) < 4.78 is 13.3. The summed E-state index contributed by atoms with van der Waals surface area (Å²) in [5.41, 5.74) is 11.2. The lowest BCUT2D eigenvalue weighted by Crippen LogP contribution is -2.10. The Balaban J connectivity index is 1.07. The summed E-state index contributed by atoms with van der Waals surface area (Å²) in [6.45, 7) is 0. The fourth-order valence-corrected chi connectivity index (χ4v) is 8.70. The van der Waals surface area contributed by atoms with Gasteiger partial charge in [0, 0.05) is 65.9 Å². The average molecular weight is 783 g/mol. The molecule has 12 aromatic rings. The van der Waals surface area contributed by atoms with E-state index in [0.29, 0.717) is 17.5 Å². The van der Waals surface area contributed by atoms with E-state index < -0.39 is 0 Å². The van der Waals surface area contributed by atoms with Crippen LogP contribution in [0.5, 0.6) is 0 Å². The van der Waals surface area contributed by atoms with E-state index in [0.717, 1.165) is 99.5 Å². The zero-order chi connectivity index (χ0) is 40.3. The van der Waals surface area contributed by atoms with Crippen molar-refractivity contribution in [1.29, 1.82) is 0 Å². The standard InChI is InChI=1S/C55H34N4O2/c1-4-16-36(17-5-1)53-56-54(37-18-6-2-7-19-37)58-55(57-53)45-27-15-29-49-50(45)46-34-47(41-22-10-11-24-43(41)52(46)61-49)59(38-20-8-3-9-21-38)39-32-30-35(31-33-39)40-25-14-26-44-42-23-12-13-28-48(42)60-51(40)44/h1-34H. The van der Waals surface area contributed by atoms with Gasteiger partial charge in [-0.15, -0.1) is 0 Å². The quantitative estimate of drug-likeness (QED) is 0.160. The Bertz CT molecular complexity index is 3520. The van der Waals surface area contributed by atoms with Gasteiger partial charge in [-0.2, -0.15) is 0 Å². The minimum Gasteiger partial charge on any atom is -0.455 e. The van der Waals surface area contributed by atoms with Gasteiger partial charge >= 0.3 is 0 Å². The summed E-state index contributed by atoms with van der Waals surface area (Å²) in [6, 6.07) is 70.9. The number of benzene rings is 9. The summed E-state index contributed by atoms with van der Waals surface area (Å²) in [6.07, 6.45) is 0. The van der Waals surface area contributed by atoms with Crippen LogP contribution in [-0.4, -0.2) is 15.0 Å². The largest absolute Gasteiger partial charge is 0.455 e. The van der Waals surface area contributed by atoms with Crippen LogP contribution in [0.2, 0.25) is 0 Å². The van der Waals surface area contributed by atoms with Crippen molar-refractivity contribution in [2.24, 2.45) is 0 Å². The van der Waals surface area contributed by atoms with Crippen LogP contribution in [-0.2, 0) is 0 Å². The number of furan rings is 2. The number of fused-ring (bicyclic) bond motifs is 8. The molecule has 0 spiro atoms. The summed E-state index contributed by atoms with van der Waals surface area (Å²) in [4.78, 5) is 17.6. The first kappa shape index (κ1) is 34.7. The molecule has 0 saturated heterocycles. The molecule has 12 rings (SSSR count). The van der Waals surface area contributed by atoms with Gasteiger partial charge in [-0.1, -0.05) is 164 Å². The summed E-state index contributed by atoms with van der Waals surface area (Å²) in [7, 11) is 0. The summed E-state index contributed by atoms with van der Waals surface area (Å²) in [5.74, 6) is 1.79. The second-order valence-corrected chi connectivity index (χ2v) is 15.1. The SMILES string of the molecule is c1ccc(-c2nc(-c3ccccc3)nc(-c3cccc4oc5c6ccccc6c(N(c6ccccc6)c6ccc(-c7cccc8c7oc7ccccc78)cc6)cc5c34)n2)cc1. The molecule has 0 fully saturated rings. The Kier molecular flexibility index (Phi) is 8.06. The maximum Gasteiger partial charge on any atom is 0.164 e. The second kappa shape index (κ2) is 14.2. The molecule has 0 unspecified atom stereocenters. The number of aromatic nitrogens is 3. The van der Waals surface area contributed by atoms with E-state index in [-0.39, 0.29) is 0 Å². The molecule has 0 aliphatic carbocycles. The van der Waals surface area contributed by atoms with Crippen LogP contribution in [0.4, 0.5) is 17.1 Å². The van der Waals surface area contributed by atoms with Crippen molar-refractivity contribution in [2.75, 3.05) is 4.90 Å². The molecule has 0 atom stereocenters. The maximum atomic E-state index is 6.83. The zero-order valence-corrected chi connectivity index (χ0v) is 32.7. The van der Waals surface area contributed by atoms with Crippen LogP contribution < -0.4 is 4.90 Å². The maximum absolute atomic E-state index is 6.83. The lowest BCUT2D eigenvalue weighted by Gasteiger charge is -2.27. The van der Waals surface area contributed by atoms with E-state index >= 15 is 0 Å². The molecular formula is C55H34N4O2. The molecule has 0 amide bonds. The molecule has 9 aromatic carbocycles. The van der Waals surface area contributed by atoms with E-state index in [1.807, 2.05) is 84.9 Å². The van der Waals surface area contributed by atoms with Gasteiger partial charge in [-0.3, -0.25) is 0 Å². The Morgan fingerprint density at radius 1 is 0.328 bits per heavy atom. The van der Waals surface area contributed by atoms with E-state index in [4.69, 9.17) is 23.8 Å². The highest BCUT2D eigenvalue weighted by Gasteiger charge is 2.23. The third-order valence-corrected chi connectivity index (χ3v) is 11.5. The molecule has 6 nitrogen and oxygen atoms in total. The third kappa shape index (κ3) is 5.84. The first-order valence-corrected chi connectivity index (χ1v) is 20.4. The van der Waals surface area contributed by atoms with Gasteiger partial charge in [0.25, 0.3) is 0 Å². The normalized spacial score (nSPS) is 11.6. The van der Waals surface area contributed by atoms with E-state index in [9.17, 15) is 0 Å². The molecule has 0 bridgehead atoms. The Labute approximate surface area is 350 Å². The van der Waals surface area contributed by atoms with Crippen molar-refractivity contribution in [3.05, 3.63) is 206 Å². The topological polar surface area (TPSA) is 68.2 Å². The van der Waals surface area contributed by atoms with Gasteiger partial charge in [-0.05, 0) is 48.0 Å². The highest BCUT2D eigenvalue weighted by Crippen LogP contribution is 2.47. The van der Waals surface area contributed by atoms with Crippen LogP contribution >= 0.6 is 0 Å². The van der Waals surface area contributed by atoms with Crippen molar-refractivity contribution < 1.29 is 8.83 Å². The third-order valence-electron chi connectivity index (χ3n) is 11.5. The summed E-state index contributed by atoms with van der Waals surface area (Å²) in [5, 5.41) is 6.21. The first-order valence-electron chi connectivity index (χ1n) is 20.4. The Morgan fingerprint density at radius 3 is 1.56 bits per heavy atom. The second-order valence-electron chi connectivity index (χ2n) is 15.1. The number of anilines is 3. The number of para-hydroxylation sites is 3. The zero-order valence-electron chi connectivity index (χ0n) is 32.7. The molecule has 0 saturated carbocycles. The molecule has 286 valence electrons. The molecule has 3 aromatic heterocycles. The molecule has 0 aliphatic heterocycles. The van der Waals surface area contributed by atoms with Crippen molar-refractivity contribution in [3.8, 4) is 45.3 Å². The van der Waals surface area contributed by atoms with Crippen LogP contribution in [0.3, 0.4) is 0 Å². The smallest absolute Gasteiger partial charge is 0.164 e. The first-order chi connectivity index (χ1) is 30.2. The van der Waals surface area contributed by atoms with Crippen LogP contribution in [0.1, 0.15) is 0 Å². The molecule has 6 heteroatoms. The van der Waals surface area contributed by atoms with Gasteiger partial charge in [0.2, 0.25) is 0 Å². The summed E-state index contributed by atoms with van der Waals surface area (Å²) >= 11 is 0. The van der Waals surface area contributed by atoms with Crippen molar-refractivity contribution in [1.82, 2.24) is 15.0 Å². The average Bonchev–Trinajstić information content (AvgIpc) is 3.92. The van der Waals surface area contributed by atoms with Crippen LogP contribution in [0.25, 0.3) is 99.9 Å². The number of hydrogen-bond acceptors (Lipinski definition) is 6. The Hall–Kier alpha value is -8.35. The van der Waals surface area contributed by atoms with Gasteiger partial charge in [0.05, 0.1) is 5.69 Å². The Morgan fingerprint density at radius 2 is 0.836 bits per heavy atom. The highest BCUT2D eigenvalue weighted by molar-refractivity contribution is 6.22. The molecule has 0 radical (unpaired) electrons. The molecule has 0 aliphatic rings. The van der Waals surface area contributed by atoms with Gasteiger partial charge in [0.1, 0.15) is 22.3 Å². The molecule has 0 N–H and O–H groups in total. The van der Waals surface area contributed by atoms with Gasteiger partial charge < -0.3 is 13.7 Å². The highest BCUT2D eigenvalue weighted by atomic mass is 16.3. The van der Waals surface area contributed by atoms with Crippen molar-refractivity contribution in [3.63, 3.8) is 0 Å². The van der Waals surface area contributed by atoms with E-state index in [2.05, 4.69) is 126 Å². The number of hydrogen-bond donors (Lipinski definition) is 0. The lowest BCUT2D eigenvalue weighted by molar-refractivity contribution is 0.670. The fraction of sp³-hybridized carbons (Fsp3) is 0. The van der Waals surface area contributed by atoms with Gasteiger partial charge in [-0.25, -0.2) is 15.0 Å². The van der Waals surface area contributed by atoms with Gasteiger partial charge in [0.15, 0.2) is 17.5 Å². The fourth-order valence-electron chi connectivity index (χ4n) is 8.70. The molecule has 61 heavy (non-hydrogen) atoms. The lowest BCUT2D eigenvalue weighted by atomic mass is 9.99. The predicted molar refractivity (Wildman–Crippen MR) is 248 cm³/mol. The minimum absolute atomic E-state index is 0.575. The van der Waals surface area contributed by atoms with Crippen molar-refractivity contribution >= 4 is 71.7 Å². The van der Waals surface area contributed by atoms with E-state index in [1.165, 1.54) is 0 Å². The number of nitrogens with zero attached hydrogens (tertiary/aromatic N) is 4.